The molecule has 3 heteroatoms. The molecule has 0 saturated heterocycles. The predicted octanol–water partition coefficient (Wildman–Crippen LogP) is 3.88. The van der Waals surface area contributed by atoms with Crippen molar-refractivity contribution in [3.8, 4) is 0 Å². The fourth-order valence-electron chi connectivity index (χ4n) is 0.982. The highest BCUT2D eigenvalue weighted by atomic mass is 28.4. The Morgan fingerprint density at radius 2 is 1.76 bits per heavy atom. The summed E-state index contributed by atoms with van der Waals surface area (Å²) < 4.78 is 6.08. The fraction of sp³-hybridized carbons (Fsp3) is 0.786. The Morgan fingerprint density at radius 1 is 1.29 bits per heavy atom. The fourth-order valence-corrected chi connectivity index (χ4v) is 1.99. The summed E-state index contributed by atoms with van der Waals surface area (Å²) in [6.45, 7) is 17.4. The maximum absolute atomic E-state index is 9.38. The maximum Gasteiger partial charge on any atom is 0.192 e. The smallest absolute Gasteiger partial charge is 0.192 e. The zero-order valence-corrected chi connectivity index (χ0v) is 13.6. The van der Waals surface area contributed by atoms with Crippen molar-refractivity contribution in [2.45, 2.75) is 65.8 Å². The first kappa shape index (κ1) is 16.7. The van der Waals surface area contributed by atoms with Crippen LogP contribution in [0.2, 0.25) is 18.1 Å². The number of aliphatic hydroxyl groups excluding tert-OH is 1. The normalized spacial score (nSPS) is 14.2. The summed E-state index contributed by atoms with van der Waals surface area (Å²) in [5, 5.41) is 9.61. The Labute approximate surface area is 108 Å². The minimum absolute atomic E-state index is 0.232. The molecule has 2 nitrogen and oxygen atoms in total. The Balaban J connectivity index is 4.66. The zero-order valence-electron chi connectivity index (χ0n) is 12.6. The van der Waals surface area contributed by atoms with Crippen LogP contribution in [0, 0.1) is 0 Å². The molecule has 0 bridgehead atoms. The van der Waals surface area contributed by atoms with Crippen molar-refractivity contribution < 1.29 is 9.53 Å². The Kier molecular flexibility index (Phi) is 5.89. The number of aliphatic hydroxyl groups is 1. The third-order valence-electron chi connectivity index (χ3n) is 3.49. The molecule has 0 aromatic heterocycles. The topological polar surface area (TPSA) is 29.5 Å². The maximum atomic E-state index is 9.38. The van der Waals surface area contributed by atoms with Crippen molar-refractivity contribution in [3.05, 3.63) is 16.9 Å². The number of hydrogen-bond donors (Lipinski definition) is 1. The first-order valence-electron chi connectivity index (χ1n) is 6.22. The van der Waals surface area contributed by atoms with Gasteiger partial charge in [0.1, 0.15) is 0 Å². The predicted molar refractivity (Wildman–Crippen MR) is 76.7 cm³/mol. The van der Waals surface area contributed by atoms with Gasteiger partial charge in [0, 0.05) is 0 Å². The summed E-state index contributed by atoms with van der Waals surface area (Å²) in [5.41, 5.74) is 5.10. The van der Waals surface area contributed by atoms with E-state index in [0.717, 1.165) is 11.1 Å². The second kappa shape index (κ2) is 6.01. The van der Waals surface area contributed by atoms with Crippen molar-refractivity contribution in [1.29, 1.82) is 0 Å². The van der Waals surface area contributed by atoms with E-state index in [2.05, 4.69) is 39.6 Å². The average molecular weight is 256 g/mol. The van der Waals surface area contributed by atoms with Crippen LogP contribution in [0.15, 0.2) is 16.9 Å². The Morgan fingerprint density at radius 3 is 2.12 bits per heavy atom. The molecule has 17 heavy (non-hydrogen) atoms. The third-order valence-corrected chi connectivity index (χ3v) is 7.97. The highest BCUT2D eigenvalue weighted by molar-refractivity contribution is 6.74. The molecule has 1 atom stereocenters. The van der Waals surface area contributed by atoms with E-state index in [9.17, 15) is 5.11 Å². The van der Waals surface area contributed by atoms with Crippen molar-refractivity contribution in [3.63, 3.8) is 0 Å². The van der Waals surface area contributed by atoms with Crippen LogP contribution in [-0.2, 0) is 4.43 Å². The molecule has 0 aliphatic rings. The van der Waals surface area contributed by atoms with Gasteiger partial charge in [-0.3, -0.25) is 0 Å². The lowest BCUT2D eigenvalue weighted by atomic mass is 10.2. The van der Waals surface area contributed by atoms with Crippen LogP contribution < -0.4 is 0 Å². The standard InChI is InChI=1S/C14H28O2Si/c1-11(9-12(2)13(3)15)10-16-17(7,8)14(4,5)6/h13,15H,10H2,1-8H3. The average Bonchev–Trinajstić information content (AvgIpc) is 2.12. The highest BCUT2D eigenvalue weighted by Crippen LogP contribution is 2.36. The van der Waals surface area contributed by atoms with Crippen molar-refractivity contribution in [2.75, 3.05) is 6.61 Å². The van der Waals surface area contributed by atoms with Gasteiger partial charge in [0.25, 0.3) is 0 Å². The van der Waals surface area contributed by atoms with Crippen molar-refractivity contribution >= 4 is 8.32 Å². The van der Waals surface area contributed by atoms with Gasteiger partial charge in [0.15, 0.2) is 8.32 Å². The van der Waals surface area contributed by atoms with E-state index < -0.39 is 14.4 Å². The van der Waals surface area contributed by atoms with Crippen LogP contribution in [0.3, 0.4) is 0 Å². The molecular weight excluding hydrogens is 228 g/mol. The minimum Gasteiger partial charge on any atom is -0.412 e. The number of hydrogen-bond acceptors (Lipinski definition) is 2. The van der Waals surface area contributed by atoms with E-state index in [1.807, 2.05) is 13.8 Å². The van der Waals surface area contributed by atoms with Gasteiger partial charge in [0.05, 0.1) is 12.7 Å². The van der Waals surface area contributed by atoms with Gasteiger partial charge in [-0.25, -0.2) is 0 Å². The van der Waals surface area contributed by atoms with Crippen LogP contribution in [-0.4, -0.2) is 26.1 Å². The molecule has 0 rings (SSSR count). The molecule has 0 aromatic rings. The SMILES string of the molecule is CC(=C=C(C)C(C)O)CO[Si](C)(C)C(C)(C)C. The van der Waals surface area contributed by atoms with Crippen LogP contribution in [0.5, 0.6) is 0 Å². The van der Waals surface area contributed by atoms with Gasteiger partial charge in [0.2, 0.25) is 0 Å². The van der Waals surface area contributed by atoms with E-state index in [1.165, 1.54) is 0 Å². The highest BCUT2D eigenvalue weighted by Gasteiger charge is 2.36. The molecule has 0 heterocycles. The summed E-state index contributed by atoms with van der Waals surface area (Å²) in [4.78, 5) is 0. The summed E-state index contributed by atoms with van der Waals surface area (Å²) in [6, 6.07) is 0. The van der Waals surface area contributed by atoms with E-state index in [-0.39, 0.29) is 5.04 Å². The van der Waals surface area contributed by atoms with Crippen molar-refractivity contribution in [2.24, 2.45) is 0 Å². The van der Waals surface area contributed by atoms with E-state index in [4.69, 9.17) is 4.43 Å². The molecule has 1 N–H and O–H groups in total. The first-order chi connectivity index (χ1) is 7.47. The second-order valence-electron chi connectivity index (χ2n) is 6.31. The monoisotopic (exact) mass is 256 g/mol. The van der Waals surface area contributed by atoms with Crippen molar-refractivity contribution in [1.82, 2.24) is 0 Å². The van der Waals surface area contributed by atoms with Gasteiger partial charge in [-0.05, 0) is 50.0 Å². The molecule has 0 aliphatic carbocycles. The third kappa shape index (κ3) is 5.69. The molecule has 100 valence electrons. The molecule has 0 aromatic carbocycles. The molecular formula is C14H28O2Si. The largest absolute Gasteiger partial charge is 0.412 e. The van der Waals surface area contributed by atoms with Crippen LogP contribution in [0.1, 0.15) is 41.5 Å². The van der Waals surface area contributed by atoms with Gasteiger partial charge < -0.3 is 9.53 Å². The number of rotatable bonds is 4. The van der Waals surface area contributed by atoms with Crippen LogP contribution in [0.4, 0.5) is 0 Å². The van der Waals surface area contributed by atoms with Gasteiger partial charge >= 0.3 is 0 Å². The summed E-state index contributed by atoms with van der Waals surface area (Å²) in [6.07, 6.45) is -0.433. The minimum atomic E-state index is -1.68. The lowest BCUT2D eigenvalue weighted by Crippen LogP contribution is -2.41. The second-order valence-corrected chi connectivity index (χ2v) is 11.1. The van der Waals surface area contributed by atoms with Gasteiger partial charge in [-0.2, -0.15) is 0 Å². The first-order valence-corrected chi connectivity index (χ1v) is 9.13. The Bertz CT molecular complexity index is 316. The van der Waals surface area contributed by atoms with E-state index >= 15 is 0 Å². The molecule has 0 saturated carbocycles. The van der Waals surface area contributed by atoms with E-state index in [0.29, 0.717) is 6.61 Å². The van der Waals surface area contributed by atoms with Gasteiger partial charge in [-0.1, -0.05) is 20.8 Å². The lowest BCUT2D eigenvalue weighted by Gasteiger charge is -2.36. The molecule has 0 spiro atoms. The molecule has 0 amide bonds. The van der Waals surface area contributed by atoms with Crippen LogP contribution >= 0.6 is 0 Å². The van der Waals surface area contributed by atoms with Gasteiger partial charge in [-0.15, -0.1) is 5.73 Å². The lowest BCUT2D eigenvalue weighted by molar-refractivity contribution is 0.231. The Hall–Kier alpha value is -0.343. The van der Waals surface area contributed by atoms with Crippen LogP contribution in [0.25, 0.3) is 0 Å². The summed E-state index contributed by atoms with van der Waals surface area (Å²) in [5.74, 6) is 0. The summed E-state index contributed by atoms with van der Waals surface area (Å²) >= 11 is 0. The molecule has 0 radical (unpaired) electrons. The molecule has 0 fully saturated rings. The quantitative estimate of drug-likeness (QED) is 0.611. The molecule has 1 unspecified atom stereocenters. The van der Waals surface area contributed by atoms with E-state index in [1.54, 1.807) is 6.92 Å². The zero-order chi connectivity index (χ0) is 13.9. The summed E-state index contributed by atoms with van der Waals surface area (Å²) in [7, 11) is -1.68. The molecule has 0 aliphatic heterocycles.